The highest BCUT2D eigenvalue weighted by molar-refractivity contribution is 6.08. The predicted octanol–water partition coefficient (Wildman–Crippen LogP) is 5.39. The maximum Gasteiger partial charge on any atom is 0.252 e. The lowest BCUT2D eigenvalue weighted by Gasteiger charge is -2.13. The summed E-state index contributed by atoms with van der Waals surface area (Å²) in [5, 5.41) is 14.7. The van der Waals surface area contributed by atoms with Crippen molar-refractivity contribution in [3.63, 3.8) is 0 Å². The summed E-state index contributed by atoms with van der Waals surface area (Å²) in [7, 11) is 0. The minimum atomic E-state index is -0.137. The molecular formula is C25H37NO3. The fourth-order valence-corrected chi connectivity index (χ4v) is 3.57. The average Bonchev–Trinajstić information content (AvgIpc) is 2.74. The Morgan fingerprint density at radius 1 is 0.966 bits per heavy atom. The summed E-state index contributed by atoms with van der Waals surface area (Å²) in [5.74, 6) is -0.0943. The molecule has 2 N–H and O–H groups in total. The molecule has 4 nitrogen and oxygen atoms in total. The normalized spacial score (nSPS) is 11.1. The molecule has 4 heteroatoms. The molecule has 0 aromatic heterocycles. The van der Waals surface area contributed by atoms with Gasteiger partial charge in [-0.05, 0) is 41.2 Å². The molecule has 0 radical (unpaired) electrons. The standard InChI is InChI=1S/C25H37NO3/c1-3-5-7-8-15-26-25(28)24-22(19-27)12-11-21-18-20(10-13-23(21)24)14-17-29-16-9-6-4-2/h10-13,18,27H,3-9,14-17,19H2,1-2H3,(H,26,28). The molecule has 0 unspecified atom stereocenters. The monoisotopic (exact) mass is 399 g/mol. The lowest BCUT2D eigenvalue weighted by molar-refractivity contribution is 0.0951. The smallest absolute Gasteiger partial charge is 0.252 e. The zero-order valence-electron chi connectivity index (χ0n) is 18.1. The number of hydrogen-bond donors (Lipinski definition) is 2. The van der Waals surface area contributed by atoms with Crippen molar-refractivity contribution in [2.24, 2.45) is 0 Å². The van der Waals surface area contributed by atoms with E-state index in [1.807, 2.05) is 18.2 Å². The summed E-state index contributed by atoms with van der Waals surface area (Å²) in [5.41, 5.74) is 2.48. The Morgan fingerprint density at radius 3 is 2.52 bits per heavy atom. The molecule has 0 saturated carbocycles. The van der Waals surface area contributed by atoms with Gasteiger partial charge in [-0.1, -0.05) is 76.3 Å². The van der Waals surface area contributed by atoms with Crippen LogP contribution in [-0.4, -0.2) is 30.8 Å². The van der Waals surface area contributed by atoms with Gasteiger partial charge >= 0.3 is 0 Å². The Morgan fingerprint density at radius 2 is 1.76 bits per heavy atom. The third-order valence-corrected chi connectivity index (χ3v) is 5.31. The van der Waals surface area contributed by atoms with Crippen LogP contribution in [0.15, 0.2) is 30.3 Å². The lowest BCUT2D eigenvalue weighted by Crippen LogP contribution is -2.26. The summed E-state index contributed by atoms with van der Waals surface area (Å²) >= 11 is 0. The summed E-state index contributed by atoms with van der Waals surface area (Å²) in [6, 6.07) is 10.1. The van der Waals surface area contributed by atoms with E-state index in [2.05, 4.69) is 31.3 Å². The van der Waals surface area contributed by atoms with Crippen LogP contribution in [0.1, 0.15) is 80.3 Å². The minimum Gasteiger partial charge on any atom is -0.392 e. The first-order valence-electron chi connectivity index (χ1n) is 11.2. The number of hydrogen-bond acceptors (Lipinski definition) is 3. The van der Waals surface area contributed by atoms with Crippen molar-refractivity contribution in [1.82, 2.24) is 5.32 Å². The van der Waals surface area contributed by atoms with Crippen LogP contribution in [-0.2, 0) is 17.8 Å². The highest BCUT2D eigenvalue weighted by atomic mass is 16.5. The lowest BCUT2D eigenvalue weighted by atomic mass is 9.96. The number of aliphatic hydroxyl groups is 1. The van der Waals surface area contributed by atoms with Crippen molar-refractivity contribution in [3.8, 4) is 0 Å². The highest BCUT2D eigenvalue weighted by Gasteiger charge is 2.15. The molecule has 0 atom stereocenters. The van der Waals surface area contributed by atoms with Gasteiger partial charge in [-0.25, -0.2) is 0 Å². The molecule has 2 aromatic rings. The number of carbonyl (C=O) groups is 1. The highest BCUT2D eigenvalue weighted by Crippen LogP contribution is 2.24. The van der Waals surface area contributed by atoms with Crippen LogP contribution in [0, 0.1) is 0 Å². The van der Waals surface area contributed by atoms with E-state index < -0.39 is 0 Å². The van der Waals surface area contributed by atoms with Gasteiger partial charge in [0.15, 0.2) is 0 Å². The van der Waals surface area contributed by atoms with Crippen molar-refractivity contribution in [1.29, 1.82) is 0 Å². The van der Waals surface area contributed by atoms with Crippen LogP contribution in [0.5, 0.6) is 0 Å². The van der Waals surface area contributed by atoms with Crippen molar-refractivity contribution in [2.45, 2.75) is 71.8 Å². The molecule has 1 amide bonds. The summed E-state index contributed by atoms with van der Waals surface area (Å²) in [6.45, 7) is 6.45. The van der Waals surface area contributed by atoms with Crippen molar-refractivity contribution < 1.29 is 14.6 Å². The number of ether oxygens (including phenoxy) is 1. The van der Waals surface area contributed by atoms with E-state index in [0.717, 1.165) is 49.7 Å². The number of nitrogens with one attached hydrogen (secondary N) is 1. The van der Waals surface area contributed by atoms with Gasteiger partial charge in [-0.2, -0.15) is 0 Å². The van der Waals surface area contributed by atoms with Gasteiger partial charge in [0, 0.05) is 13.2 Å². The van der Waals surface area contributed by atoms with Gasteiger partial charge in [0.05, 0.1) is 18.8 Å². The SMILES string of the molecule is CCCCCCNC(=O)c1c(CO)ccc2cc(CCOCCCCC)ccc12. The molecule has 0 aliphatic carbocycles. The van der Waals surface area contributed by atoms with Crippen LogP contribution in [0.25, 0.3) is 10.8 Å². The first-order chi connectivity index (χ1) is 14.2. The Kier molecular flexibility index (Phi) is 10.7. The molecule has 0 heterocycles. The van der Waals surface area contributed by atoms with Crippen LogP contribution >= 0.6 is 0 Å². The van der Waals surface area contributed by atoms with Crippen molar-refractivity contribution >= 4 is 16.7 Å². The Labute approximate surface area is 175 Å². The third-order valence-electron chi connectivity index (χ3n) is 5.31. The molecule has 0 fully saturated rings. The first kappa shape index (κ1) is 23.4. The number of fused-ring (bicyclic) bond motifs is 1. The van der Waals surface area contributed by atoms with E-state index in [1.165, 1.54) is 31.2 Å². The number of rotatable bonds is 14. The van der Waals surface area contributed by atoms with Crippen LogP contribution in [0.4, 0.5) is 0 Å². The number of unbranched alkanes of at least 4 members (excludes halogenated alkanes) is 5. The van der Waals surface area contributed by atoms with E-state index in [1.54, 1.807) is 0 Å². The van der Waals surface area contributed by atoms with Gasteiger partial charge in [-0.15, -0.1) is 0 Å². The molecule has 0 aliphatic heterocycles. The second-order valence-electron chi connectivity index (χ2n) is 7.70. The quantitative estimate of drug-likeness (QED) is 0.419. The first-order valence-corrected chi connectivity index (χ1v) is 11.2. The fraction of sp³-hybridized carbons (Fsp3) is 0.560. The van der Waals surface area contributed by atoms with Crippen LogP contribution < -0.4 is 5.32 Å². The topological polar surface area (TPSA) is 58.6 Å². The average molecular weight is 400 g/mol. The second kappa shape index (κ2) is 13.3. The molecule has 2 rings (SSSR count). The number of aliphatic hydroxyl groups excluding tert-OH is 1. The van der Waals surface area contributed by atoms with E-state index >= 15 is 0 Å². The molecule has 0 aliphatic rings. The number of benzene rings is 2. The largest absolute Gasteiger partial charge is 0.392 e. The Balaban J connectivity index is 2.04. The Hall–Kier alpha value is -1.91. The van der Waals surface area contributed by atoms with Crippen LogP contribution in [0.3, 0.4) is 0 Å². The summed E-state index contributed by atoms with van der Waals surface area (Å²) < 4.78 is 5.73. The zero-order chi connectivity index (χ0) is 20.9. The second-order valence-corrected chi connectivity index (χ2v) is 7.70. The molecule has 29 heavy (non-hydrogen) atoms. The fourth-order valence-electron chi connectivity index (χ4n) is 3.57. The van der Waals surface area contributed by atoms with E-state index in [0.29, 0.717) is 17.7 Å². The molecular weight excluding hydrogens is 362 g/mol. The summed E-state index contributed by atoms with van der Waals surface area (Å²) in [6.07, 6.45) is 8.89. The van der Waals surface area contributed by atoms with Gasteiger partial charge in [-0.3, -0.25) is 4.79 Å². The Bertz CT molecular complexity index is 757. The van der Waals surface area contributed by atoms with Gasteiger partial charge in [0.2, 0.25) is 0 Å². The maximum absolute atomic E-state index is 12.8. The molecule has 2 aromatic carbocycles. The molecule has 160 valence electrons. The van der Waals surface area contributed by atoms with Gasteiger partial charge in [0.1, 0.15) is 0 Å². The van der Waals surface area contributed by atoms with Crippen molar-refractivity contribution in [2.75, 3.05) is 19.8 Å². The number of amides is 1. The van der Waals surface area contributed by atoms with E-state index in [9.17, 15) is 9.90 Å². The summed E-state index contributed by atoms with van der Waals surface area (Å²) in [4.78, 5) is 12.8. The molecule has 0 saturated heterocycles. The molecule has 0 spiro atoms. The van der Waals surface area contributed by atoms with Crippen LogP contribution in [0.2, 0.25) is 0 Å². The maximum atomic E-state index is 12.8. The van der Waals surface area contributed by atoms with Gasteiger partial charge < -0.3 is 15.2 Å². The number of carbonyl (C=O) groups excluding carboxylic acids is 1. The van der Waals surface area contributed by atoms with E-state index in [4.69, 9.17) is 4.74 Å². The van der Waals surface area contributed by atoms with Crippen molar-refractivity contribution in [3.05, 3.63) is 47.0 Å². The van der Waals surface area contributed by atoms with E-state index in [-0.39, 0.29) is 12.5 Å². The van der Waals surface area contributed by atoms with Gasteiger partial charge in [0.25, 0.3) is 5.91 Å². The minimum absolute atomic E-state index is 0.0943. The zero-order valence-corrected chi connectivity index (χ0v) is 18.1. The predicted molar refractivity (Wildman–Crippen MR) is 120 cm³/mol. The third kappa shape index (κ3) is 7.45. The molecule has 0 bridgehead atoms.